The maximum absolute atomic E-state index is 13.5. The molecular formula is C26H32N2O3. The van der Waals surface area contributed by atoms with E-state index in [1.165, 1.54) is 12.8 Å². The highest BCUT2D eigenvalue weighted by atomic mass is 16.3. The number of fused-ring (bicyclic) bond motifs is 1. The van der Waals surface area contributed by atoms with Gasteiger partial charge in [-0.15, -0.1) is 0 Å². The van der Waals surface area contributed by atoms with E-state index < -0.39 is 11.5 Å². The van der Waals surface area contributed by atoms with Gasteiger partial charge in [-0.3, -0.25) is 19.4 Å². The molecule has 1 fully saturated rings. The Morgan fingerprint density at radius 1 is 1.00 bits per heavy atom. The second-order valence-electron chi connectivity index (χ2n) is 9.16. The number of hydrogen-bond donors (Lipinski definition) is 1. The molecule has 1 amide bonds. The predicted octanol–water partition coefficient (Wildman–Crippen LogP) is 4.25. The van der Waals surface area contributed by atoms with Crippen molar-refractivity contribution in [1.82, 2.24) is 4.90 Å². The Bertz CT molecular complexity index is 984. The molecule has 5 heteroatoms. The maximum atomic E-state index is 13.5. The zero-order valence-corrected chi connectivity index (χ0v) is 18.8. The third-order valence-corrected chi connectivity index (χ3v) is 6.65. The minimum absolute atomic E-state index is 0.197. The molecule has 2 aliphatic rings. The maximum Gasteiger partial charge on any atom is 0.265 e. The normalized spacial score (nSPS) is 21.8. The number of carbonyl (C=O) groups excluding carboxylic acids is 2. The van der Waals surface area contributed by atoms with Gasteiger partial charge in [-0.05, 0) is 63.9 Å². The third kappa shape index (κ3) is 4.04. The number of para-hydroxylation sites is 1. The third-order valence-electron chi connectivity index (χ3n) is 6.65. The molecule has 1 atom stereocenters. The van der Waals surface area contributed by atoms with Crippen molar-refractivity contribution in [2.75, 3.05) is 24.7 Å². The van der Waals surface area contributed by atoms with Gasteiger partial charge in [0.15, 0.2) is 11.4 Å². The number of anilines is 1. The molecule has 2 aromatic carbocycles. The molecule has 0 bridgehead atoms. The van der Waals surface area contributed by atoms with Gasteiger partial charge in [-0.2, -0.15) is 0 Å². The van der Waals surface area contributed by atoms with Crippen molar-refractivity contribution in [3.05, 3.63) is 64.2 Å². The molecule has 1 N–H and O–H groups in total. The number of nitrogens with zero attached hydrogens (tertiary/aromatic N) is 2. The zero-order chi connectivity index (χ0) is 22.2. The van der Waals surface area contributed by atoms with E-state index in [2.05, 4.69) is 4.90 Å². The molecule has 4 rings (SSSR count). The van der Waals surface area contributed by atoms with Crippen LogP contribution in [0.2, 0.25) is 0 Å². The number of aliphatic hydroxyl groups is 1. The number of aryl methyl sites for hydroxylation is 3. The first-order valence-electron chi connectivity index (χ1n) is 11.3. The van der Waals surface area contributed by atoms with Crippen LogP contribution in [-0.4, -0.2) is 41.5 Å². The van der Waals surface area contributed by atoms with Crippen LogP contribution in [0.3, 0.4) is 0 Å². The summed E-state index contributed by atoms with van der Waals surface area (Å²) in [6.07, 6.45) is 4.43. The van der Waals surface area contributed by atoms with Gasteiger partial charge in [0.25, 0.3) is 5.91 Å². The van der Waals surface area contributed by atoms with E-state index in [1.807, 2.05) is 51.1 Å². The molecule has 2 aliphatic heterocycles. The second kappa shape index (κ2) is 8.56. The smallest absolute Gasteiger partial charge is 0.265 e. The summed E-state index contributed by atoms with van der Waals surface area (Å²) >= 11 is 0. The van der Waals surface area contributed by atoms with Crippen LogP contribution in [0.15, 0.2) is 36.4 Å². The van der Waals surface area contributed by atoms with Crippen molar-refractivity contribution >= 4 is 17.4 Å². The minimum Gasteiger partial charge on any atom is -0.375 e. The highest BCUT2D eigenvalue weighted by molar-refractivity contribution is 6.11. The van der Waals surface area contributed by atoms with Crippen LogP contribution in [0, 0.1) is 20.8 Å². The summed E-state index contributed by atoms with van der Waals surface area (Å²) < 4.78 is 0. The molecule has 0 aliphatic carbocycles. The van der Waals surface area contributed by atoms with Crippen LogP contribution in [0.4, 0.5) is 5.69 Å². The average Bonchev–Trinajstić information content (AvgIpc) is 2.89. The number of amides is 1. The van der Waals surface area contributed by atoms with E-state index in [0.717, 1.165) is 42.6 Å². The monoisotopic (exact) mass is 420 g/mol. The topological polar surface area (TPSA) is 60.9 Å². The van der Waals surface area contributed by atoms with E-state index in [9.17, 15) is 14.7 Å². The van der Waals surface area contributed by atoms with E-state index in [-0.39, 0.29) is 12.2 Å². The molecule has 1 saturated heterocycles. The fraction of sp³-hybridized carbons (Fsp3) is 0.462. The van der Waals surface area contributed by atoms with Crippen molar-refractivity contribution in [1.29, 1.82) is 0 Å². The molecule has 164 valence electrons. The van der Waals surface area contributed by atoms with Gasteiger partial charge < -0.3 is 5.11 Å². The second-order valence-corrected chi connectivity index (χ2v) is 9.16. The lowest BCUT2D eigenvalue weighted by Crippen LogP contribution is -2.46. The lowest BCUT2D eigenvalue weighted by Gasteiger charge is -2.28. The number of Topliss-reactive ketones (excluding diaryl/α,β-unsaturated/α-hetero) is 1. The lowest BCUT2D eigenvalue weighted by molar-refractivity contribution is -0.136. The summed E-state index contributed by atoms with van der Waals surface area (Å²) in [5.74, 6) is -0.592. The number of carbonyl (C=O) groups is 2. The van der Waals surface area contributed by atoms with E-state index >= 15 is 0 Å². The van der Waals surface area contributed by atoms with Crippen LogP contribution in [0.1, 0.15) is 64.7 Å². The SMILES string of the molecule is Cc1cc(C)c(C(=O)CC2(O)C(=O)N(CN3CCCCCC3)c3ccccc32)c(C)c1. The van der Waals surface area contributed by atoms with Gasteiger partial charge in [-0.25, -0.2) is 0 Å². The van der Waals surface area contributed by atoms with Gasteiger partial charge in [0.2, 0.25) is 0 Å². The zero-order valence-electron chi connectivity index (χ0n) is 18.8. The lowest BCUT2D eigenvalue weighted by atomic mass is 9.85. The standard InChI is InChI=1S/C26H32N2O3/c1-18-14-19(2)24(20(3)15-18)23(29)16-26(31)21-10-6-7-11-22(21)28(25(26)30)17-27-12-8-4-5-9-13-27/h6-7,10-11,14-15,31H,4-5,8-9,12-13,16-17H2,1-3H3. The first kappa shape index (κ1) is 21.7. The van der Waals surface area contributed by atoms with Crippen molar-refractivity contribution in [3.8, 4) is 0 Å². The molecular weight excluding hydrogens is 388 g/mol. The first-order valence-corrected chi connectivity index (χ1v) is 11.3. The average molecular weight is 421 g/mol. The van der Waals surface area contributed by atoms with Gasteiger partial charge in [0, 0.05) is 11.1 Å². The minimum atomic E-state index is -1.83. The highest BCUT2D eigenvalue weighted by Crippen LogP contribution is 2.43. The predicted molar refractivity (Wildman–Crippen MR) is 122 cm³/mol. The number of likely N-dealkylation sites (tertiary alicyclic amines) is 1. The molecule has 0 spiro atoms. The molecule has 0 radical (unpaired) electrons. The summed E-state index contributed by atoms with van der Waals surface area (Å²) in [7, 11) is 0. The number of ketones is 1. The molecule has 5 nitrogen and oxygen atoms in total. The summed E-state index contributed by atoms with van der Waals surface area (Å²) in [5, 5.41) is 11.6. The van der Waals surface area contributed by atoms with Crippen molar-refractivity contribution in [2.45, 2.75) is 58.5 Å². The van der Waals surface area contributed by atoms with E-state index in [0.29, 0.717) is 23.5 Å². The Kier molecular flexibility index (Phi) is 6.00. The summed E-state index contributed by atoms with van der Waals surface area (Å²) in [5.41, 5.74) is 2.88. The molecule has 2 aromatic rings. The fourth-order valence-electron chi connectivity index (χ4n) is 5.24. The summed E-state index contributed by atoms with van der Waals surface area (Å²) in [4.78, 5) is 30.8. The first-order chi connectivity index (χ1) is 14.8. The Balaban J connectivity index is 1.64. The van der Waals surface area contributed by atoms with Crippen LogP contribution < -0.4 is 4.90 Å². The van der Waals surface area contributed by atoms with E-state index in [1.54, 1.807) is 11.0 Å². The van der Waals surface area contributed by atoms with Crippen LogP contribution >= 0.6 is 0 Å². The van der Waals surface area contributed by atoms with Gasteiger partial charge in [0.1, 0.15) is 0 Å². The van der Waals surface area contributed by atoms with Crippen LogP contribution in [-0.2, 0) is 10.4 Å². The number of benzene rings is 2. The number of hydrogen-bond acceptors (Lipinski definition) is 4. The quantitative estimate of drug-likeness (QED) is 0.735. The Morgan fingerprint density at radius 3 is 2.26 bits per heavy atom. The Morgan fingerprint density at radius 2 is 1.61 bits per heavy atom. The van der Waals surface area contributed by atoms with Crippen LogP contribution in [0.25, 0.3) is 0 Å². The molecule has 0 aromatic heterocycles. The highest BCUT2D eigenvalue weighted by Gasteiger charge is 2.51. The van der Waals surface area contributed by atoms with Crippen molar-refractivity contribution in [3.63, 3.8) is 0 Å². The number of rotatable bonds is 5. The van der Waals surface area contributed by atoms with Gasteiger partial charge >= 0.3 is 0 Å². The van der Waals surface area contributed by atoms with E-state index in [4.69, 9.17) is 0 Å². The van der Waals surface area contributed by atoms with Gasteiger partial charge in [0.05, 0.1) is 18.8 Å². The summed E-state index contributed by atoms with van der Waals surface area (Å²) in [6, 6.07) is 11.3. The fourth-order valence-corrected chi connectivity index (χ4v) is 5.24. The van der Waals surface area contributed by atoms with Crippen molar-refractivity contribution < 1.29 is 14.7 Å². The Labute approximate surface area is 184 Å². The van der Waals surface area contributed by atoms with Crippen molar-refractivity contribution in [2.24, 2.45) is 0 Å². The molecule has 31 heavy (non-hydrogen) atoms. The van der Waals surface area contributed by atoms with Gasteiger partial charge in [-0.1, -0.05) is 48.7 Å². The molecule has 1 unspecified atom stereocenters. The Hall–Kier alpha value is -2.50. The molecule has 0 saturated carbocycles. The molecule has 2 heterocycles. The van der Waals surface area contributed by atoms with Crippen LogP contribution in [0.5, 0.6) is 0 Å². The largest absolute Gasteiger partial charge is 0.375 e. The summed E-state index contributed by atoms with van der Waals surface area (Å²) in [6.45, 7) is 8.17.